The van der Waals surface area contributed by atoms with Crippen molar-refractivity contribution >= 4 is 39.2 Å². The van der Waals surface area contributed by atoms with Gasteiger partial charge < -0.3 is 0 Å². The number of pyridine rings is 1. The summed E-state index contributed by atoms with van der Waals surface area (Å²) in [6.45, 7) is 1.68. The third kappa shape index (κ3) is 3.05. The lowest BCUT2D eigenvalue weighted by molar-refractivity contribution is -0.0497. The van der Waals surface area contributed by atoms with E-state index in [1.807, 2.05) is 0 Å². The van der Waals surface area contributed by atoms with Crippen molar-refractivity contribution in [1.82, 2.24) is 18.3 Å². The largest absolute Gasteiger partial charge is 0.511 e. The lowest BCUT2D eigenvalue weighted by atomic mass is 9.98. The molecule has 0 radical (unpaired) electrons. The number of hydrogen-bond acceptors (Lipinski definition) is 4. The van der Waals surface area contributed by atoms with Crippen LogP contribution < -0.4 is 5.56 Å². The Morgan fingerprint density at radius 3 is 2.46 bits per heavy atom. The number of sulfonamides is 1. The molecule has 0 N–H and O–H groups in total. The molecule has 0 aromatic carbocycles. The Labute approximate surface area is 164 Å². The Morgan fingerprint density at radius 2 is 1.86 bits per heavy atom. The standard InChI is InChI=1S/C16H17F3N4O3S.ClH/c1-10-14-15(24)22(13-4-2-3-12(20-10)23(13)14)9-11-5-7-21(8-6-11)27(25,26)16(17,18)19;/h2-4,11H,5-9H2,1H3;1H. The van der Waals surface area contributed by atoms with E-state index in [-0.39, 0.29) is 49.8 Å². The van der Waals surface area contributed by atoms with E-state index in [1.165, 1.54) is 0 Å². The van der Waals surface area contributed by atoms with Gasteiger partial charge in [0.2, 0.25) is 0 Å². The number of nitrogens with zero attached hydrogens (tertiary/aromatic N) is 4. The van der Waals surface area contributed by atoms with Gasteiger partial charge in [0.1, 0.15) is 16.8 Å². The number of aromatic nitrogens is 3. The van der Waals surface area contributed by atoms with Gasteiger partial charge in [-0.3, -0.25) is 13.8 Å². The van der Waals surface area contributed by atoms with Crippen molar-refractivity contribution in [2.24, 2.45) is 5.92 Å². The van der Waals surface area contributed by atoms with Gasteiger partial charge in [0.25, 0.3) is 5.56 Å². The third-order valence-electron chi connectivity index (χ3n) is 5.17. The van der Waals surface area contributed by atoms with E-state index in [0.29, 0.717) is 33.4 Å². The Balaban J connectivity index is 0.00000225. The first-order valence-corrected chi connectivity index (χ1v) is 9.91. The average Bonchev–Trinajstić information content (AvgIpc) is 3.08. The molecule has 3 aromatic rings. The fraction of sp³-hybridized carbons (Fsp3) is 0.500. The molecule has 4 rings (SSSR count). The molecule has 28 heavy (non-hydrogen) atoms. The van der Waals surface area contributed by atoms with E-state index in [9.17, 15) is 26.4 Å². The molecule has 1 fully saturated rings. The van der Waals surface area contributed by atoms with Crippen LogP contribution in [-0.4, -0.2) is 45.3 Å². The van der Waals surface area contributed by atoms with Crippen LogP contribution in [0.15, 0.2) is 23.0 Å². The molecule has 7 nitrogen and oxygen atoms in total. The molecule has 3 aromatic heterocycles. The molecule has 4 heterocycles. The molecular formula is C16H18ClF3N4O3S. The molecule has 0 atom stereocenters. The lowest BCUT2D eigenvalue weighted by Crippen LogP contribution is -2.45. The molecule has 1 saturated heterocycles. The smallest absolute Gasteiger partial charge is 0.292 e. The van der Waals surface area contributed by atoms with Crippen molar-refractivity contribution in [1.29, 1.82) is 0 Å². The molecule has 0 aliphatic carbocycles. The number of aryl methyl sites for hydroxylation is 1. The first-order chi connectivity index (χ1) is 12.6. The van der Waals surface area contributed by atoms with Crippen molar-refractivity contribution < 1.29 is 21.6 Å². The highest BCUT2D eigenvalue weighted by molar-refractivity contribution is 7.90. The van der Waals surface area contributed by atoms with Gasteiger partial charge in [-0.2, -0.15) is 17.5 Å². The van der Waals surface area contributed by atoms with Crippen molar-refractivity contribution in [2.45, 2.75) is 31.8 Å². The Bertz CT molecular complexity index is 1160. The normalized spacial score (nSPS) is 17.4. The summed E-state index contributed by atoms with van der Waals surface area (Å²) in [6.07, 6.45) is 0.530. The summed E-state index contributed by atoms with van der Waals surface area (Å²) in [7, 11) is -5.29. The van der Waals surface area contributed by atoms with E-state index < -0.39 is 15.5 Å². The predicted octanol–water partition coefficient (Wildman–Crippen LogP) is 2.38. The fourth-order valence-electron chi connectivity index (χ4n) is 3.80. The van der Waals surface area contributed by atoms with Crippen LogP contribution in [0.2, 0.25) is 0 Å². The number of alkyl halides is 3. The van der Waals surface area contributed by atoms with E-state index >= 15 is 0 Å². The zero-order valence-electron chi connectivity index (χ0n) is 14.8. The number of rotatable bonds is 3. The Hall–Kier alpha value is -1.85. The number of halogens is 4. The van der Waals surface area contributed by atoms with Crippen LogP contribution in [0.5, 0.6) is 0 Å². The molecule has 1 aliphatic heterocycles. The van der Waals surface area contributed by atoms with Gasteiger partial charge in [-0.25, -0.2) is 13.4 Å². The molecule has 0 saturated carbocycles. The molecular weight excluding hydrogens is 421 g/mol. The van der Waals surface area contributed by atoms with E-state index in [4.69, 9.17) is 0 Å². The number of hydrogen-bond donors (Lipinski definition) is 0. The minimum Gasteiger partial charge on any atom is -0.292 e. The van der Waals surface area contributed by atoms with Crippen molar-refractivity contribution in [2.75, 3.05) is 13.1 Å². The van der Waals surface area contributed by atoms with Crippen molar-refractivity contribution in [3.8, 4) is 0 Å². The summed E-state index contributed by atoms with van der Waals surface area (Å²) >= 11 is 0. The maximum Gasteiger partial charge on any atom is 0.511 e. The van der Waals surface area contributed by atoms with Gasteiger partial charge >= 0.3 is 15.5 Å². The molecule has 154 valence electrons. The minimum absolute atomic E-state index is 0. The van der Waals surface area contributed by atoms with Gasteiger partial charge in [-0.15, -0.1) is 12.4 Å². The SMILES string of the molecule is Cc1nc2cccc3n(CC4CCN(S(=O)(=O)C(F)(F)F)CC4)c(=O)c1n23.Cl. The van der Waals surface area contributed by atoms with Crippen molar-refractivity contribution in [3.05, 3.63) is 34.2 Å². The van der Waals surface area contributed by atoms with Crippen LogP contribution in [0.4, 0.5) is 13.2 Å². The van der Waals surface area contributed by atoms with Gasteiger partial charge in [0.15, 0.2) is 0 Å². The summed E-state index contributed by atoms with van der Waals surface area (Å²) in [4.78, 5) is 17.2. The van der Waals surface area contributed by atoms with Crippen LogP contribution >= 0.6 is 12.4 Å². The molecule has 0 amide bonds. The van der Waals surface area contributed by atoms with Crippen LogP contribution in [0.1, 0.15) is 18.5 Å². The quantitative estimate of drug-likeness (QED) is 0.629. The predicted molar refractivity (Wildman–Crippen MR) is 99.4 cm³/mol. The Kier molecular flexibility index (Phi) is 5.13. The summed E-state index contributed by atoms with van der Waals surface area (Å²) in [5, 5.41) is 0. The molecule has 0 spiro atoms. The topological polar surface area (TPSA) is 76.7 Å². The van der Waals surface area contributed by atoms with Gasteiger partial charge in [-0.05, 0) is 37.8 Å². The van der Waals surface area contributed by atoms with Crippen molar-refractivity contribution in [3.63, 3.8) is 0 Å². The third-order valence-corrected chi connectivity index (χ3v) is 6.80. The van der Waals surface area contributed by atoms with Gasteiger partial charge in [0.05, 0.1) is 5.69 Å². The second kappa shape index (κ2) is 6.89. The summed E-state index contributed by atoms with van der Waals surface area (Å²) in [5.41, 5.74) is -3.00. The number of piperidine rings is 1. The average molecular weight is 439 g/mol. The second-order valence-electron chi connectivity index (χ2n) is 6.83. The van der Waals surface area contributed by atoms with Gasteiger partial charge in [0, 0.05) is 19.6 Å². The van der Waals surface area contributed by atoms with Crippen LogP contribution in [0.25, 0.3) is 16.8 Å². The van der Waals surface area contributed by atoms with E-state index in [1.54, 1.807) is 34.1 Å². The lowest BCUT2D eigenvalue weighted by Gasteiger charge is -2.31. The highest BCUT2D eigenvalue weighted by Crippen LogP contribution is 2.31. The zero-order chi connectivity index (χ0) is 19.6. The van der Waals surface area contributed by atoms with Crippen LogP contribution in [0.3, 0.4) is 0 Å². The van der Waals surface area contributed by atoms with E-state index in [2.05, 4.69) is 4.98 Å². The highest BCUT2D eigenvalue weighted by atomic mass is 35.5. The second-order valence-corrected chi connectivity index (χ2v) is 8.76. The first kappa shape index (κ1) is 20.9. The van der Waals surface area contributed by atoms with E-state index in [0.717, 1.165) is 0 Å². The molecule has 12 heteroatoms. The maximum absolute atomic E-state index is 12.8. The monoisotopic (exact) mass is 438 g/mol. The zero-order valence-corrected chi connectivity index (χ0v) is 16.4. The summed E-state index contributed by atoms with van der Waals surface area (Å²) < 4.78 is 64.9. The maximum atomic E-state index is 12.8. The molecule has 0 bridgehead atoms. The first-order valence-electron chi connectivity index (χ1n) is 8.47. The van der Waals surface area contributed by atoms with Gasteiger partial charge in [-0.1, -0.05) is 6.07 Å². The molecule has 0 unspecified atom stereocenters. The summed E-state index contributed by atoms with van der Waals surface area (Å²) in [5.74, 6) is -0.0817. The van der Waals surface area contributed by atoms with Crippen LogP contribution in [-0.2, 0) is 16.6 Å². The minimum atomic E-state index is -5.29. The summed E-state index contributed by atoms with van der Waals surface area (Å²) in [6, 6.07) is 5.40. The Morgan fingerprint density at radius 1 is 1.21 bits per heavy atom. The molecule has 1 aliphatic rings. The highest BCUT2D eigenvalue weighted by Gasteiger charge is 2.50. The van der Waals surface area contributed by atoms with Crippen LogP contribution in [0, 0.1) is 12.8 Å². The fourth-order valence-corrected chi connectivity index (χ4v) is 4.78. The number of imidazole rings is 2.